The number of hydrogen-bond donors (Lipinski definition) is 1. The summed E-state index contributed by atoms with van der Waals surface area (Å²) in [6.45, 7) is 7.02. The third-order valence-corrected chi connectivity index (χ3v) is 5.68. The number of benzene rings is 2. The number of imide groups is 1. The average molecular weight is 420 g/mol. The molecular formula is C25H29N3O3. The van der Waals surface area contributed by atoms with E-state index in [1.165, 1.54) is 23.4 Å². The van der Waals surface area contributed by atoms with Gasteiger partial charge < -0.3 is 15.0 Å². The number of amides is 2. The van der Waals surface area contributed by atoms with Crippen molar-refractivity contribution >= 4 is 28.8 Å². The molecule has 6 nitrogen and oxygen atoms in total. The molecule has 2 aliphatic rings. The van der Waals surface area contributed by atoms with Gasteiger partial charge in [-0.15, -0.1) is 0 Å². The zero-order valence-electron chi connectivity index (χ0n) is 18.2. The maximum atomic E-state index is 13.1. The molecule has 0 bridgehead atoms. The van der Waals surface area contributed by atoms with Gasteiger partial charge in [0.1, 0.15) is 11.4 Å². The maximum Gasteiger partial charge on any atom is 0.278 e. The number of hydrogen-bond acceptors (Lipinski definition) is 5. The Kier molecular flexibility index (Phi) is 6.26. The molecule has 0 radical (unpaired) electrons. The van der Waals surface area contributed by atoms with Gasteiger partial charge in [-0.2, -0.15) is 0 Å². The van der Waals surface area contributed by atoms with E-state index in [2.05, 4.69) is 22.3 Å². The first-order valence-corrected chi connectivity index (χ1v) is 11.1. The first kappa shape index (κ1) is 21.0. The lowest BCUT2D eigenvalue weighted by Crippen LogP contribution is -2.33. The minimum Gasteiger partial charge on any atom is -0.494 e. The Balaban J connectivity index is 1.64. The molecular weight excluding hydrogens is 390 g/mol. The second kappa shape index (κ2) is 9.25. The van der Waals surface area contributed by atoms with Crippen LogP contribution in [-0.4, -0.2) is 43.0 Å². The van der Waals surface area contributed by atoms with E-state index in [4.69, 9.17) is 4.74 Å². The Morgan fingerprint density at radius 3 is 2.19 bits per heavy atom. The van der Waals surface area contributed by atoms with Crippen molar-refractivity contribution in [3.8, 4) is 5.75 Å². The summed E-state index contributed by atoms with van der Waals surface area (Å²) >= 11 is 0. The maximum absolute atomic E-state index is 13.1. The van der Waals surface area contributed by atoms with E-state index in [1.807, 2.05) is 50.2 Å². The van der Waals surface area contributed by atoms with Crippen molar-refractivity contribution in [2.75, 3.05) is 36.5 Å². The molecule has 0 atom stereocenters. The first-order valence-electron chi connectivity index (χ1n) is 11.1. The lowest BCUT2D eigenvalue weighted by molar-refractivity contribution is -0.136. The Morgan fingerprint density at radius 1 is 0.903 bits per heavy atom. The normalized spacial score (nSPS) is 16.5. The van der Waals surface area contributed by atoms with E-state index < -0.39 is 0 Å². The smallest absolute Gasteiger partial charge is 0.278 e. The van der Waals surface area contributed by atoms with Crippen LogP contribution in [0.15, 0.2) is 54.2 Å². The summed E-state index contributed by atoms with van der Waals surface area (Å²) < 4.78 is 5.51. The van der Waals surface area contributed by atoms with Crippen molar-refractivity contribution < 1.29 is 14.3 Å². The number of carbonyl (C=O) groups is 2. The van der Waals surface area contributed by atoms with Crippen molar-refractivity contribution in [3.63, 3.8) is 0 Å². The largest absolute Gasteiger partial charge is 0.494 e. The molecule has 2 amide bonds. The van der Waals surface area contributed by atoms with Crippen molar-refractivity contribution in [2.45, 2.75) is 33.1 Å². The molecule has 0 aliphatic carbocycles. The second-order valence-electron chi connectivity index (χ2n) is 7.84. The summed E-state index contributed by atoms with van der Waals surface area (Å²) in [6, 6.07) is 15.4. The number of nitrogens with zero attached hydrogens (tertiary/aromatic N) is 2. The van der Waals surface area contributed by atoms with Crippen LogP contribution < -0.4 is 15.0 Å². The van der Waals surface area contributed by atoms with Crippen LogP contribution in [0.3, 0.4) is 0 Å². The summed E-state index contributed by atoms with van der Waals surface area (Å²) in [6.07, 6.45) is 3.16. The molecule has 0 unspecified atom stereocenters. The zero-order chi connectivity index (χ0) is 21.8. The summed E-state index contributed by atoms with van der Waals surface area (Å²) in [4.78, 5) is 29.9. The molecule has 0 spiro atoms. The molecule has 31 heavy (non-hydrogen) atoms. The first-order chi connectivity index (χ1) is 15.1. The van der Waals surface area contributed by atoms with Gasteiger partial charge in [-0.1, -0.05) is 19.1 Å². The van der Waals surface area contributed by atoms with Gasteiger partial charge in [0.25, 0.3) is 11.8 Å². The quantitative estimate of drug-likeness (QED) is 0.647. The number of nitrogens with one attached hydrogen (secondary N) is 1. The molecule has 0 saturated carbocycles. The second-order valence-corrected chi connectivity index (χ2v) is 7.84. The van der Waals surface area contributed by atoms with Crippen LogP contribution in [0.2, 0.25) is 0 Å². The molecule has 0 aromatic heterocycles. The van der Waals surface area contributed by atoms with Crippen LogP contribution in [0.25, 0.3) is 5.57 Å². The standard InChI is InChI=1S/C25H29N3O3/c1-3-15-28-24(29)22(18-7-13-21(14-8-18)31-4-2)23(25(28)30)26-19-9-11-20(12-10-19)27-16-5-6-17-27/h7-14,26H,3-6,15-17H2,1-2H3. The lowest BCUT2D eigenvalue weighted by atomic mass is 10.0. The van der Waals surface area contributed by atoms with E-state index in [0.717, 1.165) is 24.5 Å². The molecule has 1 saturated heterocycles. The molecule has 2 heterocycles. The van der Waals surface area contributed by atoms with Gasteiger partial charge in [-0.3, -0.25) is 14.5 Å². The SMILES string of the molecule is CCCN1C(=O)C(Nc2ccc(N3CCCC3)cc2)=C(c2ccc(OCC)cc2)C1=O. The van der Waals surface area contributed by atoms with Crippen molar-refractivity contribution in [1.29, 1.82) is 0 Å². The van der Waals surface area contributed by atoms with Crippen LogP contribution in [0.4, 0.5) is 11.4 Å². The fourth-order valence-electron chi connectivity index (χ4n) is 4.15. The van der Waals surface area contributed by atoms with Crippen molar-refractivity contribution in [2.24, 2.45) is 0 Å². The number of ether oxygens (including phenoxy) is 1. The van der Waals surface area contributed by atoms with Crippen LogP contribution in [0.5, 0.6) is 5.75 Å². The third kappa shape index (κ3) is 4.29. The predicted molar refractivity (Wildman–Crippen MR) is 123 cm³/mol. The van der Waals surface area contributed by atoms with Gasteiger partial charge in [0.05, 0.1) is 12.2 Å². The fourth-order valence-corrected chi connectivity index (χ4v) is 4.15. The number of carbonyl (C=O) groups excluding carboxylic acids is 2. The van der Waals surface area contributed by atoms with Gasteiger partial charge in [-0.05, 0) is 68.1 Å². The Labute approximate surface area is 183 Å². The Morgan fingerprint density at radius 2 is 1.58 bits per heavy atom. The van der Waals surface area contributed by atoms with E-state index in [-0.39, 0.29) is 11.8 Å². The summed E-state index contributed by atoms with van der Waals surface area (Å²) in [7, 11) is 0. The highest BCUT2D eigenvalue weighted by Crippen LogP contribution is 2.32. The number of anilines is 2. The zero-order valence-corrected chi connectivity index (χ0v) is 18.2. The number of rotatable bonds is 8. The summed E-state index contributed by atoms with van der Waals surface area (Å²) in [5, 5.41) is 3.23. The predicted octanol–water partition coefficient (Wildman–Crippen LogP) is 4.29. The highest BCUT2D eigenvalue weighted by molar-refractivity contribution is 6.36. The Hall–Kier alpha value is -3.28. The molecule has 4 rings (SSSR count). The van der Waals surface area contributed by atoms with E-state index >= 15 is 0 Å². The monoisotopic (exact) mass is 419 g/mol. The molecule has 1 fully saturated rings. The molecule has 2 aromatic rings. The third-order valence-electron chi connectivity index (χ3n) is 5.68. The molecule has 162 valence electrons. The van der Waals surface area contributed by atoms with E-state index in [9.17, 15) is 9.59 Å². The van der Waals surface area contributed by atoms with Crippen LogP contribution in [-0.2, 0) is 9.59 Å². The van der Waals surface area contributed by atoms with Crippen molar-refractivity contribution in [3.05, 3.63) is 59.8 Å². The highest BCUT2D eigenvalue weighted by atomic mass is 16.5. The lowest BCUT2D eigenvalue weighted by Gasteiger charge is -2.18. The summed E-state index contributed by atoms with van der Waals surface area (Å²) in [5.41, 5.74) is 3.42. The van der Waals surface area contributed by atoms with Gasteiger partial charge in [-0.25, -0.2) is 0 Å². The van der Waals surface area contributed by atoms with Crippen LogP contribution in [0, 0.1) is 0 Å². The van der Waals surface area contributed by atoms with Gasteiger partial charge in [0, 0.05) is 31.0 Å². The molecule has 2 aromatic carbocycles. The Bertz CT molecular complexity index is 974. The topological polar surface area (TPSA) is 61.9 Å². The van der Waals surface area contributed by atoms with Gasteiger partial charge in [0.2, 0.25) is 0 Å². The minimum atomic E-state index is -0.278. The van der Waals surface area contributed by atoms with Crippen molar-refractivity contribution in [1.82, 2.24) is 4.90 Å². The average Bonchev–Trinajstić information content (AvgIpc) is 3.40. The van der Waals surface area contributed by atoms with Gasteiger partial charge >= 0.3 is 0 Å². The van der Waals surface area contributed by atoms with E-state index in [0.29, 0.717) is 36.4 Å². The minimum absolute atomic E-state index is 0.257. The molecule has 1 N–H and O–H groups in total. The van der Waals surface area contributed by atoms with E-state index in [1.54, 1.807) is 0 Å². The summed E-state index contributed by atoms with van der Waals surface area (Å²) in [5.74, 6) is 0.201. The van der Waals surface area contributed by atoms with Gasteiger partial charge in [0.15, 0.2) is 0 Å². The highest BCUT2D eigenvalue weighted by Gasteiger charge is 2.38. The van der Waals surface area contributed by atoms with Crippen LogP contribution >= 0.6 is 0 Å². The van der Waals surface area contributed by atoms with Crippen LogP contribution in [0.1, 0.15) is 38.7 Å². The molecule has 6 heteroatoms. The molecule has 2 aliphatic heterocycles. The fraction of sp³-hybridized carbons (Fsp3) is 0.360.